The molecule has 1 saturated carbocycles. The highest BCUT2D eigenvalue weighted by Crippen LogP contribution is 2.48. The maximum atomic E-state index is 12.0. The van der Waals surface area contributed by atoms with Crippen LogP contribution in [0.25, 0.3) is 0 Å². The number of likely N-dealkylation sites (tertiary alicyclic amines) is 1. The molecule has 2 rings (SSSR count). The highest BCUT2D eigenvalue weighted by atomic mass is 16.6. The van der Waals surface area contributed by atoms with Crippen molar-refractivity contribution >= 4 is 6.09 Å². The van der Waals surface area contributed by atoms with Crippen LogP contribution < -0.4 is 0 Å². The second kappa shape index (κ2) is 5.48. The summed E-state index contributed by atoms with van der Waals surface area (Å²) in [4.78, 5) is 13.6. The molecule has 0 aromatic carbocycles. The van der Waals surface area contributed by atoms with Crippen molar-refractivity contribution in [2.75, 3.05) is 19.7 Å². The molecule has 102 valence electrons. The SMILES string of the molecule is CC1CN(C(=O)OCC2(CC#N)CC2)CCC1C#N. The largest absolute Gasteiger partial charge is 0.449 e. The lowest BCUT2D eigenvalue weighted by molar-refractivity contribution is 0.0648. The molecule has 0 aromatic rings. The van der Waals surface area contributed by atoms with E-state index >= 15 is 0 Å². The monoisotopic (exact) mass is 261 g/mol. The van der Waals surface area contributed by atoms with Gasteiger partial charge in [0.25, 0.3) is 0 Å². The average Bonchev–Trinajstić information content (AvgIpc) is 3.16. The minimum atomic E-state index is -0.299. The standard InChI is InChI=1S/C14H19N3O2/c1-11-9-17(7-2-12(11)8-16)13(18)19-10-14(3-4-14)5-6-15/h11-12H,2-5,7,9-10H2,1H3. The average molecular weight is 261 g/mol. The van der Waals surface area contributed by atoms with Gasteiger partial charge in [-0.3, -0.25) is 0 Å². The molecule has 1 saturated heterocycles. The van der Waals surface area contributed by atoms with Crippen LogP contribution in [0.1, 0.15) is 32.6 Å². The minimum absolute atomic E-state index is 0.0393. The van der Waals surface area contributed by atoms with Gasteiger partial charge in [-0.15, -0.1) is 0 Å². The van der Waals surface area contributed by atoms with Crippen molar-refractivity contribution in [2.45, 2.75) is 32.6 Å². The molecule has 0 N–H and O–H groups in total. The van der Waals surface area contributed by atoms with Crippen LogP contribution in [0, 0.1) is 39.9 Å². The minimum Gasteiger partial charge on any atom is -0.449 e. The van der Waals surface area contributed by atoms with E-state index in [0.29, 0.717) is 26.1 Å². The summed E-state index contributed by atoms with van der Waals surface area (Å²) < 4.78 is 5.33. The van der Waals surface area contributed by atoms with Gasteiger partial charge < -0.3 is 9.64 Å². The van der Waals surface area contributed by atoms with E-state index in [9.17, 15) is 4.79 Å². The van der Waals surface area contributed by atoms with Crippen LogP contribution in [0.4, 0.5) is 4.79 Å². The molecule has 0 aromatic heterocycles. The van der Waals surface area contributed by atoms with Gasteiger partial charge in [-0.1, -0.05) is 6.92 Å². The molecule has 2 fully saturated rings. The van der Waals surface area contributed by atoms with Crippen molar-refractivity contribution in [2.24, 2.45) is 17.3 Å². The Balaban J connectivity index is 1.79. The second-order valence-electron chi connectivity index (χ2n) is 5.84. The topological polar surface area (TPSA) is 77.1 Å². The molecule has 2 unspecified atom stereocenters. The summed E-state index contributed by atoms with van der Waals surface area (Å²) in [5, 5.41) is 17.7. The van der Waals surface area contributed by atoms with E-state index in [-0.39, 0.29) is 23.3 Å². The van der Waals surface area contributed by atoms with E-state index in [1.165, 1.54) is 0 Å². The summed E-state index contributed by atoms with van der Waals surface area (Å²) in [7, 11) is 0. The molecule has 5 heteroatoms. The lowest BCUT2D eigenvalue weighted by atomic mass is 9.88. The van der Waals surface area contributed by atoms with Gasteiger partial charge in [-0.25, -0.2) is 4.79 Å². The Morgan fingerprint density at radius 1 is 1.47 bits per heavy atom. The third-order valence-corrected chi connectivity index (χ3v) is 4.24. The van der Waals surface area contributed by atoms with E-state index in [2.05, 4.69) is 12.1 Å². The van der Waals surface area contributed by atoms with E-state index in [0.717, 1.165) is 19.3 Å². The van der Waals surface area contributed by atoms with Gasteiger partial charge in [0.1, 0.15) is 0 Å². The Morgan fingerprint density at radius 3 is 2.74 bits per heavy atom. The summed E-state index contributed by atoms with van der Waals surface area (Å²) in [5.74, 6) is 0.234. The summed E-state index contributed by atoms with van der Waals surface area (Å²) in [6.45, 7) is 3.52. The maximum absolute atomic E-state index is 12.0. The van der Waals surface area contributed by atoms with Gasteiger partial charge in [0, 0.05) is 24.9 Å². The molecule has 2 aliphatic rings. The summed E-state index contributed by atoms with van der Waals surface area (Å²) in [6.07, 6.45) is 2.83. The quantitative estimate of drug-likeness (QED) is 0.781. The number of carbonyl (C=O) groups is 1. The van der Waals surface area contributed by atoms with Crippen molar-refractivity contribution in [3.8, 4) is 12.1 Å². The zero-order chi connectivity index (χ0) is 13.9. The first-order valence-corrected chi connectivity index (χ1v) is 6.78. The van der Waals surface area contributed by atoms with Crippen molar-refractivity contribution in [3.05, 3.63) is 0 Å². The third-order valence-electron chi connectivity index (χ3n) is 4.24. The van der Waals surface area contributed by atoms with Crippen molar-refractivity contribution in [1.29, 1.82) is 10.5 Å². The molecule has 1 amide bonds. The zero-order valence-electron chi connectivity index (χ0n) is 11.3. The molecule has 0 radical (unpaired) electrons. The Kier molecular flexibility index (Phi) is 3.95. The first-order valence-electron chi connectivity index (χ1n) is 6.78. The Labute approximate surface area is 113 Å². The number of hydrogen-bond donors (Lipinski definition) is 0. The number of ether oxygens (including phenoxy) is 1. The van der Waals surface area contributed by atoms with Gasteiger partial charge in [-0.2, -0.15) is 10.5 Å². The fourth-order valence-corrected chi connectivity index (χ4v) is 2.53. The maximum Gasteiger partial charge on any atom is 0.409 e. The predicted molar refractivity (Wildman–Crippen MR) is 67.7 cm³/mol. The van der Waals surface area contributed by atoms with Crippen LogP contribution in [0.15, 0.2) is 0 Å². The van der Waals surface area contributed by atoms with Crippen molar-refractivity contribution in [1.82, 2.24) is 4.90 Å². The van der Waals surface area contributed by atoms with Crippen LogP contribution in [-0.4, -0.2) is 30.7 Å². The summed E-state index contributed by atoms with van der Waals surface area (Å²) in [5.41, 5.74) is -0.0685. The third kappa shape index (κ3) is 3.17. The number of nitriles is 2. The lowest BCUT2D eigenvalue weighted by Crippen LogP contribution is -2.43. The van der Waals surface area contributed by atoms with Gasteiger partial charge >= 0.3 is 6.09 Å². The van der Waals surface area contributed by atoms with Crippen LogP contribution in [0.3, 0.4) is 0 Å². The first kappa shape index (κ1) is 13.7. The molecular formula is C14H19N3O2. The molecule has 19 heavy (non-hydrogen) atoms. The first-order chi connectivity index (χ1) is 9.10. The van der Waals surface area contributed by atoms with Crippen LogP contribution in [-0.2, 0) is 4.74 Å². The number of rotatable bonds is 3. The van der Waals surface area contributed by atoms with Gasteiger partial charge in [0.2, 0.25) is 0 Å². The molecular weight excluding hydrogens is 242 g/mol. The number of amides is 1. The van der Waals surface area contributed by atoms with Crippen LogP contribution >= 0.6 is 0 Å². The van der Waals surface area contributed by atoms with E-state index in [4.69, 9.17) is 15.3 Å². The molecule has 1 aliphatic carbocycles. The van der Waals surface area contributed by atoms with Gasteiger partial charge in [0.05, 0.1) is 24.7 Å². The number of piperidine rings is 1. The van der Waals surface area contributed by atoms with E-state index < -0.39 is 0 Å². The highest BCUT2D eigenvalue weighted by molar-refractivity contribution is 5.67. The molecule has 0 bridgehead atoms. The van der Waals surface area contributed by atoms with E-state index in [1.54, 1.807) is 4.90 Å². The second-order valence-corrected chi connectivity index (χ2v) is 5.84. The fourth-order valence-electron chi connectivity index (χ4n) is 2.53. The number of nitrogens with zero attached hydrogens (tertiary/aromatic N) is 3. The number of carbonyl (C=O) groups excluding carboxylic acids is 1. The van der Waals surface area contributed by atoms with E-state index in [1.807, 2.05) is 6.92 Å². The molecule has 0 spiro atoms. The fraction of sp³-hybridized carbons (Fsp3) is 0.786. The molecule has 2 atom stereocenters. The number of hydrogen-bond acceptors (Lipinski definition) is 4. The molecule has 1 heterocycles. The van der Waals surface area contributed by atoms with Crippen molar-refractivity contribution in [3.63, 3.8) is 0 Å². The Bertz CT molecular complexity index is 431. The highest BCUT2D eigenvalue weighted by Gasteiger charge is 2.44. The zero-order valence-corrected chi connectivity index (χ0v) is 11.3. The lowest BCUT2D eigenvalue weighted by Gasteiger charge is -2.33. The molecule has 1 aliphatic heterocycles. The Hall–Kier alpha value is -1.75. The normalized spacial score (nSPS) is 28.1. The molecule has 5 nitrogen and oxygen atoms in total. The van der Waals surface area contributed by atoms with Crippen LogP contribution in [0.5, 0.6) is 0 Å². The van der Waals surface area contributed by atoms with Crippen molar-refractivity contribution < 1.29 is 9.53 Å². The van der Waals surface area contributed by atoms with Gasteiger partial charge in [-0.05, 0) is 25.2 Å². The Morgan fingerprint density at radius 2 is 2.21 bits per heavy atom. The summed E-state index contributed by atoms with van der Waals surface area (Å²) >= 11 is 0. The summed E-state index contributed by atoms with van der Waals surface area (Å²) in [6, 6.07) is 4.43. The van der Waals surface area contributed by atoms with Crippen LogP contribution in [0.2, 0.25) is 0 Å². The van der Waals surface area contributed by atoms with Gasteiger partial charge in [0.15, 0.2) is 0 Å². The smallest absolute Gasteiger partial charge is 0.409 e. The predicted octanol–water partition coefficient (Wildman–Crippen LogP) is 2.30.